The summed E-state index contributed by atoms with van der Waals surface area (Å²) in [6.07, 6.45) is -1.91. The number of hydrogen-bond donors (Lipinski definition) is 3. The molecule has 0 aromatic heterocycles. The van der Waals surface area contributed by atoms with Gasteiger partial charge in [-0.15, -0.1) is 0 Å². The summed E-state index contributed by atoms with van der Waals surface area (Å²) in [4.78, 5) is 31.4. The third kappa shape index (κ3) is 5.90. The Morgan fingerprint density at radius 1 is 1.20 bits per heavy atom. The third-order valence-corrected chi connectivity index (χ3v) is 1.96. The van der Waals surface area contributed by atoms with Gasteiger partial charge in [-0.2, -0.15) is 0 Å². The Morgan fingerprint density at radius 2 is 1.67 bits per heavy atom. The van der Waals surface area contributed by atoms with Crippen molar-refractivity contribution in [1.82, 2.24) is 0 Å². The number of aliphatic hydroxyl groups is 1. The zero-order valence-corrected chi connectivity index (χ0v) is 9.39. The predicted octanol–water partition coefficient (Wildman–Crippen LogP) is -3.16. The number of rotatable bonds is 5. The Bertz CT molecular complexity index is 268. The van der Waals surface area contributed by atoms with E-state index in [1.807, 2.05) is 0 Å². The zero-order valence-electron chi connectivity index (χ0n) is 7.39. The summed E-state index contributed by atoms with van der Waals surface area (Å²) in [7, 11) is 0.0598. The molecule has 0 aromatic rings. The van der Waals surface area contributed by atoms with E-state index in [1.54, 1.807) is 0 Å². The Kier molecular flexibility index (Phi) is 7.89. The Morgan fingerprint density at radius 3 is 1.93 bits per heavy atom. The molecule has 0 amide bonds. The molecule has 82 valence electrons. The van der Waals surface area contributed by atoms with Gasteiger partial charge in [-0.05, 0) is 0 Å². The van der Waals surface area contributed by atoms with E-state index >= 15 is 0 Å². The van der Waals surface area contributed by atoms with Crippen LogP contribution < -0.4 is 0 Å². The molecule has 9 heteroatoms. The van der Waals surface area contributed by atoms with Crippen molar-refractivity contribution in [3.8, 4) is 0 Å². The quantitative estimate of drug-likeness (QED) is 0.438. The fourth-order valence-electron chi connectivity index (χ4n) is 0.775. The second kappa shape index (κ2) is 6.96. The molecule has 0 radical (unpaired) electrons. The van der Waals surface area contributed by atoms with Crippen molar-refractivity contribution in [2.45, 2.75) is 18.4 Å². The van der Waals surface area contributed by atoms with E-state index in [9.17, 15) is 19.5 Å². The van der Waals surface area contributed by atoms with Gasteiger partial charge in [0.2, 0.25) is 10.5 Å². The van der Waals surface area contributed by atoms with Crippen LogP contribution in [0.3, 0.4) is 0 Å². The molecule has 0 fully saturated rings. The minimum absolute atomic E-state index is 0. The van der Waals surface area contributed by atoms with Crippen molar-refractivity contribution < 1.29 is 34.1 Å². The first kappa shape index (κ1) is 17.0. The first-order valence-electron chi connectivity index (χ1n) is 3.56. The van der Waals surface area contributed by atoms with E-state index in [0.717, 1.165) is 0 Å². The van der Waals surface area contributed by atoms with Crippen LogP contribution in [0, 0.1) is 0 Å². The molecule has 0 bridgehead atoms. The molecule has 0 spiro atoms. The number of carboxylic acids is 2. The van der Waals surface area contributed by atoms with Gasteiger partial charge < -0.3 is 19.7 Å². The van der Waals surface area contributed by atoms with Gasteiger partial charge in [-0.25, -0.2) is 4.79 Å². The number of carbonyl (C=O) groups is 3. The molecule has 0 heterocycles. The summed E-state index contributed by atoms with van der Waals surface area (Å²) < 4.78 is 4.26. The van der Waals surface area contributed by atoms with Crippen molar-refractivity contribution >= 4 is 58.0 Å². The van der Waals surface area contributed by atoms with Crippen LogP contribution in [0.15, 0.2) is 0 Å². The van der Waals surface area contributed by atoms with Crippen LogP contribution in [0.1, 0.15) is 12.8 Å². The summed E-state index contributed by atoms with van der Waals surface area (Å²) in [6, 6.07) is 0. The van der Waals surface area contributed by atoms with Gasteiger partial charge in [0.1, 0.15) is 0 Å². The number of aliphatic carboxylic acids is 2. The van der Waals surface area contributed by atoms with Crippen molar-refractivity contribution in [2.24, 2.45) is 0 Å². The minimum atomic E-state index is -2.59. The molecule has 7 nitrogen and oxygen atoms in total. The summed E-state index contributed by atoms with van der Waals surface area (Å²) in [5, 5.41) is 26.1. The third-order valence-electron chi connectivity index (χ3n) is 1.51. The van der Waals surface area contributed by atoms with Crippen LogP contribution >= 0.6 is 0 Å². The van der Waals surface area contributed by atoms with E-state index in [-0.39, 0.29) is 40.0 Å². The molecule has 0 aromatic carbocycles. The molecule has 0 aliphatic carbocycles. The predicted molar refractivity (Wildman–Crippen MR) is 52.6 cm³/mol. The van der Waals surface area contributed by atoms with Crippen LogP contribution in [0.4, 0.5) is 0 Å². The van der Waals surface area contributed by atoms with Gasteiger partial charge in [0, 0.05) is 0 Å². The summed E-state index contributed by atoms with van der Waals surface area (Å²) in [5.41, 5.74) is -2.59. The second-order valence-electron chi connectivity index (χ2n) is 2.66. The van der Waals surface area contributed by atoms with Crippen LogP contribution in [-0.4, -0.2) is 78.9 Å². The summed E-state index contributed by atoms with van der Waals surface area (Å²) >= 11 is 0. The van der Waals surface area contributed by atoms with Crippen molar-refractivity contribution in [2.75, 3.05) is 0 Å². The molecule has 0 aliphatic heterocycles. The first-order valence-corrected chi connectivity index (χ1v) is 4.38. The van der Waals surface area contributed by atoms with Gasteiger partial charge in [0.05, 0.1) is 12.8 Å². The number of hydrogen-bond acceptors (Lipinski definition) is 5. The molecule has 0 saturated carbocycles. The number of carboxylic acid groups (broad SMARTS) is 2. The van der Waals surface area contributed by atoms with Crippen LogP contribution in [0.2, 0.25) is 0 Å². The maximum absolute atomic E-state index is 10.7. The molecule has 15 heavy (non-hydrogen) atoms. The van der Waals surface area contributed by atoms with Crippen LogP contribution in [0.5, 0.6) is 0 Å². The average molecular weight is 246 g/mol. The van der Waals surface area contributed by atoms with Crippen molar-refractivity contribution in [1.29, 1.82) is 0 Å². The van der Waals surface area contributed by atoms with Gasteiger partial charge >= 0.3 is 41.5 Å². The van der Waals surface area contributed by atoms with E-state index < -0.39 is 36.4 Å². The fraction of sp³-hybridized carbons (Fsp3) is 0.500. The van der Waals surface area contributed by atoms with Gasteiger partial charge in [0.25, 0.3) is 5.97 Å². The SMILES string of the molecule is O=C(O)CC(O)(CC(=O)O[SiH3])C(=O)O.[NaH]. The van der Waals surface area contributed by atoms with Gasteiger partial charge in [0.15, 0.2) is 5.60 Å². The first-order chi connectivity index (χ1) is 6.31. The molecule has 0 saturated heterocycles. The number of carbonyl (C=O) groups excluding carboxylic acids is 1. The Balaban J connectivity index is 0. The van der Waals surface area contributed by atoms with E-state index in [2.05, 4.69) is 4.43 Å². The molecule has 1 atom stereocenters. The Labute approximate surface area is 110 Å². The summed E-state index contributed by atoms with van der Waals surface area (Å²) in [5.74, 6) is -4.19. The van der Waals surface area contributed by atoms with E-state index in [0.29, 0.717) is 0 Å². The van der Waals surface area contributed by atoms with E-state index in [1.165, 1.54) is 0 Å². The zero-order chi connectivity index (χ0) is 11.4. The molecular formula is C6H11NaO7Si. The monoisotopic (exact) mass is 246 g/mol. The molecular weight excluding hydrogens is 235 g/mol. The normalized spacial score (nSPS) is 13.4. The summed E-state index contributed by atoms with van der Waals surface area (Å²) in [6.45, 7) is 0. The van der Waals surface area contributed by atoms with E-state index in [4.69, 9.17) is 10.2 Å². The Hall–Kier alpha value is -0.413. The molecule has 1 unspecified atom stereocenters. The van der Waals surface area contributed by atoms with Crippen LogP contribution in [0.25, 0.3) is 0 Å². The molecule has 3 N–H and O–H groups in total. The maximum atomic E-state index is 10.7. The fourth-order valence-corrected chi connectivity index (χ4v) is 0.919. The van der Waals surface area contributed by atoms with Gasteiger partial charge in [-0.1, -0.05) is 0 Å². The van der Waals surface area contributed by atoms with Crippen molar-refractivity contribution in [3.05, 3.63) is 0 Å². The molecule has 0 rings (SSSR count). The van der Waals surface area contributed by atoms with Gasteiger partial charge in [-0.3, -0.25) is 9.59 Å². The standard InChI is InChI=1S/C6H10O7Si.Na.H/c7-3(8)1-6(12,5(10)11)2-4(9)13-14;;/h12H,1-2H2,14H3,(H,7,8)(H,10,11);;. The molecule has 0 aliphatic rings. The second-order valence-corrected chi connectivity index (χ2v) is 3.07. The average Bonchev–Trinajstić information content (AvgIpc) is 2.02. The van der Waals surface area contributed by atoms with Crippen molar-refractivity contribution in [3.63, 3.8) is 0 Å². The van der Waals surface area contributed by atoms with Crippen LogP contribution in [-0.2, 0) is 18.8 Å². The topological polar surface area (TPSA) is 121 Å².